The number of benzene rings is 1. The summed E-state index contributed by atoms with van der Waals surface area (Å²) in [5, 5.41) is 2.13. The van der Waals surface area contributed by atoms with Gasteiger partial charge < -0.3 is 4.74 Å². The van der Waals surface area contributed by atoms with E-state index in [0.29, 0.717) is 12.8 Å². The molecule has 0 aliphatic carbocycles. The summed E-state index contributed by atoms with van der Waals surface area (Å²) in [6.45, 7) is 2.28. The number of amides is 2. The highest BCUT2D eigenvalue weighted by molar-refractivity contribution is 8.01. The maximum absolute atomic E-state index is 12.6. The second kappa shape index (κ2) is 7.85. The summed E-state index contributed by atoms with van der Waals surface area (Å²) in [4.78, 5) is 25.9. The number of thioether (sulfide) groups is 1. The smallest absolute Gasteiger partial charge is 0.416 e. The van der Waals surface area contributed by atoms with E-state index in [1.54, 1.807) is 23.1 Å². The first-order valence-corrected chi connectivity index (χ1v) is 9.62. The number of thiophene rings is 1. The Morgan fingerprint density at radius 3 is 2.83 bits per heavy atom. The topological polar surface area (TPSA) is 46.6 Å². The van der Waals surface area contributed by atoms with Crippen LogP contribution in [-0.4, -0.2) is 34.8 Å². The minimum Gasteiger partial charge on any atom is -0.447 e. The van der Waals surface area contributed by atoms with Crippen molar-refractivity contribution in [2.24, 2.45) is 0 Å². The van der Waals surface area contributed by atoms with E-state index < -0.39 is 6.09 Å². The normalized spacial score (nSPS) is 18.5. The molecular weight excluding hydrogens is 342 g/mol. The number of carbonyl (C=O) groups is 2. The number of rotatable bonds is 6. The third-order valence-corrected chi connectivity index (χ3v) is 5.99. The van der Waals surface area contributed by atoms with Crippen molar-refractivity contribution in [3.8, 4) is 0 Å². The number of nitrogens with zero attached hydrogens (tertiary/aromatic N) is 1. The van der Waals surface area contributed by atoms with E-state index in [2.05, 4.69) is 0 Å². The number of imide groups is 1. The molecule has 0 spiro atoms. The van der Waals surface area contributed by atoms with Crippen LogP contribution in [0.1, 0.15) is 18.9 Å². The van der Waals surface area contributed by atoms with Crippen LogP contribution in [0.4, 0.5) is 4.79 Å². The summed E-state index contributed by atoms with van der Waals surface area (Å²) >= 11 is 3.32. The van der Waals surface area contributed by atoms with Crippen molar-refractivity contribution in [1.29, 1.82) is 0 Å². The monoisotopic (exact) mass is 361 g/mol. The molecule has 0 bridgehead atoms. The zero-order chi connectivity index (χ0) is 16.9. The SMILES string of the molecule is C[C@@H](CC(=O)N1C(=O)OC[C@H]1Cc1ccccc1)Sc1cccs1. The lowest BCUT2D eigenvalue weighted by Crippen LogP contribution is -2.41. The van der Waals surface area contributed by atoms with Gasteiger partial charge in [0.2, 0.25) is 5.91 Å². The lowest BCUT2D eigenvalue weighted by molar-refractivity contribution is -0.129. The first kappa shape index (κ1) is 17.0. The van der Waals surface area contributed by atoms with Crippen LogP contribution in [0, 0.1) is 0 Å². The quantitative estimate of drug-likeness (QED) is 0.723. The zero-order valence-electron chi connectivity index (χ0n) is 13.4. The second-order valence-electron chi connectivity index (χ2n) is 5.75. The van der Waals surface area contributed by atoms with E-state index in [-0.39, 0.29) is 23.8 Å². The molecule has 2 amide bonds. The highest BCUT2D eigenvalue weighted by Gasteiger charge is 2.38. The molecule has 0 radical (unpaired) electrons. The molecule has 4 nitrogen and oxygen atoms in total. The predicted octanol–water partition coefficient (Wildman–Crippen LogP) is 4.21. The molecule has 1 aromatic carbocycles. The van der Waals surface area contributed by atoms with Gasteiger partial charge in [-0.15, -0.1) is 23.1 Å². The fraction of sp³-hybridized carbons (Fsp3) is 0.333. The zero-order valence-corrected chi connectivity index (χ0v) is 15.0. The summed E-state index contributed by atoms with van der Waals surface area (Å²) in [6, 6.07) is 13.7. The first-order valence-electron chi connectivity index (χ1n) is 7.86. The van der Waals surface area contributed by atoms with Crippen molar-refractivity contribution in [2.75, 3.05) is 6.61 Å². The van der Waals surface area contributed by atoms with Gasteiger partial charge in [0.25, 0.3) is 0 Å². The minimum atomic E-state index is -0.519. The molecule has 6 heteroatoms. The van der Waals surface area contributed by atoms with E-state index in [4.69, 9.17) is 4.74 Å². The van der Waals surface area contributed by atoms with E-state index in [1.807, 2.05) is 54.8 Å². The third kappa shape index (κ3) is 4.19. The van der Waals surface area contributed by atoms with E-state index >= 15 is 0 Å². The lowest BCUT2D eigenvalue weighted by atomic mass is 10.1. The molecule has 2 aromatic rings. The van der Waals surface area contributed by atoms with Gasteiger partial charge in [-0.2, -0.15) is 0 Å². The van der Waals surface area contributed by atoms with Crippen molar-refractivity contribution >= 4 is 35.1 Å². The van der Waals surface area contributed by atoms with Crippen LogP contribution < -0.4 is 0 Å². The first-order chi connectivity index (χ1) is 11.6. The Morgan fingerprint density at radius 2 is 2.12 bits per heavy atom. The van der Waals surface area contributed by atoms with Crippen LogP contribution in [0.25, 0.3) is 0 Å². The number of cyclic esters (lactones) is 1. The molecule has 1 fully saturated rings. The Kier molecular flexibility index (Phi) is 5.58. The van der Waals surface area contributed by atoms with Gasteiger partial charge in [-0.25, -0.2) is 9.69 Å². The molecule has 0 unspecified atom stereocenters. The molecular formula is C18H19NO3S2. The molecule has 2 heterocycles. The third-order valence-electron chi connectivity index (χ3n) is 3.82. The van der Waals surface area contributed by atoms with E-state index in [9.17, 15) is 9.59 Å². The number of hydrogen-bond acceptors (Lipinski definition) is 5. The van der Waals surface area contributed by atoms with Gasteiger partial charge in [-0.05, 0) is 23.4 Å². The Balaban J connectivity index is 1.61. The van der Waals surface area contributed by atoms with Crippen LogP contribution in [0.5, 0.6) is 0 Å². The summed E-state index contributed by atoms with van der Waals surface area (Å²) in [5.74, 6) is -0.157. The molecule has 0 saturated carbocycles. The van der Waals surface area contributed by atoms with Crippen molar-refractivity contribution in [2.45, 2.75) is 35.3 Å². The maximum atomic E-state index is 12.6. The van der Waals surface area contributed by atoms with Gasteiger partial charge in [0.15, 0.2) is 0 Å². The summed E-state index contributed by atoms with van der Waals surface area (Å²) in [7, 11) is 0. The van der Waals surface area contributed by atoms with Gasteiger partial charge in [-0.3, -0.25) is 4.79 Å². The molecule has 1 aliphatic rings. The minimum absolute atomic E-state index is 0.113. The van der Waals surface area contributed by atoms with Crippen molar-refractivity contribution in [1.82, 2.24) is 4.90 Å². The average molecular weight is 361 g/mol. The predicted molar refractivity (Wildman–Crippen MR) is 96.4 cm³/mol. The number of carbonyl (C=O) groups excluding carboxylic acids is 2. The highest BCUT2D eigenvalue weighted by atomic mass is 32.2. The Hall–Kier alpha value is -1.79. The molecule has 0 N–H and O–H groups in total. The maximum Gasteiger partial charge on any atom is 0.416 e. The molecule has 3 rings (SSSR count). The van der Waals surface area contributed by atoms with Crippen LogP contribution in [0.2, 0.25) is 0 Å². The highest BCUT2D eigenvalue weighted by Crippen LogP contribution is 2.30. The Morgan fingerprint density at radius 1 is 1.33 bits per heavy atom. The standard InChI is InChI=1S/C18H19NO3S2/c1-13(24-17-8-5-9-23-17)10-16(20)19-15(12-22-18(19)21)11-14-6-3-2-4-7-14/h2-9,13,15H,10-12H2,1H3/t13-,15+/m0/s1. The van der Waals surface area contributed by atoms with Gasteiger partial charge in [0.1, 0.15) is 6.61 Å². The average Bonchev–Trinajstić information content (AvgIpc) is 3.18. The van der Waals surface area contributed by atoms with Gasteiger partial charge in [0.05, 0.1) is 10.3 Å². The second-order valence-corrected chi connectivity index (χ2v) is 8.44. The van der Waals surface area contributed by atoms with Gasteiger partial charge in [-0.1, -0.05) is 43.3 Å². The van der Waals surface area contributed by atoms with E-state index in [0.717, 1.165) is 5.56 Å². The Labute approximate surface area is 149 Å². The van der Waals surface area contributed by atoms with Crippen LogP contribution in [0.15, 0.2) is 52.1 Å². The van der Waals surface area contributed by atoms with Crippen molar-refractivity contribution in [3.63, 3.8) is 0 Å². The molecule has 1 saturated heterocycles. The number of hydrogen-bond donors (Lipinski definition) is 0. The van der Waals surface area contributed by atoms with Crippen molar-refractivity contribution in [3.05, 3.63) is 53.4 Å². The molecule has 1 aliphatic heterocycles. The molecule has 1 aromatic heterocycles. The van der Waals surface area contributed by atoms with Gasteiger partial charge in [0, 0.05) is 11.7 Å². The van der Waals surface area contributed by atoms with Crippen molar-refractivity contribution < 1.29 is 14.3 Å². The van der Waals surface area contributed by atoms with Crippen LogP contribution >= 0.6 is 23.1 Å². The fourth-order valence-corrected chi connectivity index (χ4v) is 4.83. The Bertz CT molecular complexity index is 688. The molecule has 2 atom stereocenters. The molecule has 24 heavy (non-hydrogen) atoms. The summed E-state index contributed by atoms with van der Waals surface area (Å²) in [6.07, 6.45) is 0.433. The number of ether oxygens (including phenoxy) is 1. The van der Waals surface area contributed by atoms with Crippen LogP contribution in [0.3, 0.4) is 0 Å². The summed E-state index contributed by atoms with van der Waals surface area (Å²) < 4.78 is 6.30. The van der Waals surface area contributed by atoms with Gasteiger partial charge >= 0.3 is 6.09 Å². The lowest BCUT2D eigenvalue weighted by Gasteiger charge is -2.21. The molecule has 126 valence electrons. The fourth-order valence-electron chi connectivity index (χ4n) is 2.72. The largest absolute Gasteiger partial charge is 0.447 e. The van der Waals surface area contributed by atoms with Crippen LogP contribution in [-0.2, 0) is 16.0 Å². The van der Waals surface area contributed by atoms with E-state index in [1.165, 1.54) is 9.11 Å². The summed E-state index contributed by atoms with van der Waals surface area (Å²) in [5.41, 5.74) is 1.10.